The first-order chi connectivity index (χ1) is 8.59. The fourth-order valence-electron chi connectivity index (χ4n) is 1.93. The molecule has 6 heteroatoms. The third-order valence-electron chi connectivity index (χ3n) is 2.96. The molecule has 1 aliphatic heterocycles. The normalized spacial score (nSPS) is 18.6. The van der Waals surface area contributed by atoms with Crippen LogP contribution in [0.5, 0.6) is 0 Å². The number of hydrogen-bond donors (Lipinski definition) is 0. The van der Waals surface area contributed by atoms with Gasteiger partial charge in [0.05, 0.1) is 10.6 Å². The minimum absolute atomic E-state index is 0.0282. The van der Waals surface area contributed by atoms with E-state index in [4.69, 9.17) is 4.74 Å². The lowest BCUT2D eigenvalue weighted by atomic mass is 10.2. The molecule has 96 valence electrons. The van der Waals surface area contributed by atoms with Gasteiger partial charge in [-0.25, -0.2) is 0 Å². The first-order valence-electron chi connectivity index (χ1n) is 5.73. The molecule has 2 rings (SSSR count). The fourth-order valence-corrected chi connectivity index (χ4v) is 1.93. The summed E-state index contributed by atoms with van der Waals surface area (Å²) in [6.45, 7) is 0.596. The number of ether oxygens (including phenoxy) is 1. The lowest BCUT2D eigenvalue weighted by Gasteiger charge is -2.20. The van der Waals surface area contributed by atoms with E-state index in [1.807, 2.05) is 0 Å². The van der Waals surface area contributed by atoms with Gasteiger partial charge < -0.3 is 9.64 Å². The summed E-state index contributed by atoms with van der Waals surface area (Å²) < 4.78 is 5.31. The van der Waals surface area contributed by atoms with E-state index in [0.29, 0.717) is 18.7 Å². The molecule has 1 aliphatic rings. The summed E-state index contributed by atoms with van der Waals surface area (Å²) >= 11 is 0. The molecule has 0 saturated carbocycles. The molecule has 0 aromatic heterocycles. The van der Waals surface area contributed by atoms with Crippen molar-refractivity contribution in [2.24, 2.45) is 0 Å². The number of nitro groups is 1. The van der Waals surface area contributed by atoms with Crippen LogP contribution in [0, 0.1) is 10.1 Å². The van der Waals surface area contributed by atoms with Crippen molar-refractivity contribution in [1.82, 2.24) is 0 Å². The van der Waals surface area contributed by atoms with Gasteiger partial charge in [-0.05, 0) is 18.9 Å². The number of non-ortho nitro benzene ring substituents is 1. The van der Waals surface area contributed by atoms with Crippen molar-refractivity contribution in [2.75, 3.05) is 18.6 Å². The van der Waals surface area contributed by atoms with Crippen molar-refractivity contribution in [1.29, 1.82) is 0 Å². The topological polar surface area (TPSA) is 72.7 Å². The predicted molar refractivity (Wildman–Crippen MR) is 65.5 cm³/mol. The molecule has 0 unspecified atom stereocenters. The van der Waals surface area contributed by atoms with E-state index in [-0.39, 0.29) is 11.6 Å². The monoisotopic (exact) mass is 250 g/mol. The lowest BCUT2D eigenvalue weighted by molar-refractivity contribution is -0.384. The maximum atomic E-state index is 12.1. The number of likely N-dealkylation sites (N-methyl/N-ethyl adjacent to an activating group) is 1. The van der Waals surface area contributed by atoms with Crippen molar-refractivity contribution in [2.45, 2.75) is 18.9 Å². The summed E-state index contributed by atoms with van der Waals surface area (Å²) in [5.41, 5.74) is 0.476. The Labute approximate surface area is 104 Å². The second-order valence-electron chi connectivity index (χ2n) is 4.18. The molecule has 1 aromatic rings. The summed E-state index contributed by atoms with van der Waals surface area (Å²) in [4.78, 5) is 23.7. The Morgan fingerprint density at radius 3 is 2.94 bits per heavy atom. The zero-order valence-corrected chi connectivity index (χ0v) is 10.0. The number of benzene rings is 1. The Balaban J connectivity index is 2.17. The molecule has 0 spiro atoms. The van der Waals surface area contributed by atoms with Gasteiger partial charge in [-0.2, -0.15) is 0 Å². The van der Waals surface area contributed by atoms with E-state index >= 15 is 0 Å². The SMILES string of the molecule is CN(C(=O)[C@H]1CCCO1)c1cccc([N+](=O)[O-])c1. The van der Waals surface area contributed by atoms with E-state index in [9.17, 15) is 14.9 Å². The van der Waals surface area contributed by atoms with Gasteiger partial charge in [-0.15, -0.1) is 0 Å². The first-order valence-corrected chi connectivity index (χ1v) is 5.73. The fraction of sp³-hybridized carbons (Fsp3) is 0.417. The van der Waals surface area contributed by atoms with E-state index in [0.717, 1.165) is 6.42 Å². The van der Waals surface area contributed by atoms with E-state index < -0.39 is 11.0 Å². The molecule has 0 aliphatic carbocycles. The van der Waals surface area contributed by atoms with Crippen LogP contribution in [0.25, 0.3) is 0 Å². The number of hydrogen-bond acceptors (Lipinski definition) is 4. The van der Waals surface area contributed by atoms with Gasteiger partial charge in [0.25, 0.3) is 11.6 Å². The highest BCUT2D eigenvalue weighted by Crippen LogP contribution is 2.22. The Kier molecular flexibility index (Phi) is 3.57. The highest BCUT2D eigenvalue weighted by atomic mass is 16.6. The largest absolute Gasteiger partial charge is 0.368 e. The van der Waals surface area contributed by atoms with Crippen LogP contribution in [-0.2, 0) is 9.53 Å². The standard InChI is InChI=1S/C12H14N2O4/c1-13(12(15)11-6-3-7-18-11)9-4-2-5-10(8-9)14(16)17/h2,4-5,8,11H,3,6-7H2,1H3/t11-/m1/s1. The number of anilines is 1. The molecule has 1 heterocycles. The Hall–Kier alpha value is -1.95. The van der Waals surface area contributed by atoms with Crippen molar-refractivity contribution >= 4 is 17.3 Å². The molecule has 6 nitrogen and oxygen atoms in total. The third-order valence-corrected chi connectivity index (χ3v) is 2.96. The van der Waals surface area contributed by atoms with Crippen molar-refractivity contribution < 1.29 is 14.5 Å². The van der Waals surface area contributed by atoms with Gasteiger partial charge in [0.1, 0.15) is 6.10 Å². The van der Waals surface area contributed by atoms with Crippen LogP contribution in [0.3, 0.4) is 0 Å². The van der Waals surface area contributed by atoms with Crippen molar-refractivity contribution in [3.8, 4) is 0 Å². The number of carbonyl (C=O) groups is 1. The smallest absolute Gasteiger partial charge is 0.271 e. The summed E-state index contributed by atoms with van der Waals surface area (Å²) in [5, 5.41) is 10.7. The zero-order valence-electron chi connectivity index (χ0n) is 10.0. The highest BCUT2D eigenvalue weighted by Gasteiger charge is 2.27. The van der Waals surface area contributed by atoms with Crippen LogP contribution in [0.2, 0.25) is 0 Å². The summed E-state index contributed by atoms with van der Waals surface area (Å²) in [6, 6.07) is 6.01. The van der Waals surface area contributed by atoms with Gasteiger partial charge in [0.15, 0.2) is 0 Å². The van der Waals surface area contributed by atoms with Crippen LogP contribution in [0.4, 0.5) is 11.4 Å². The second-order valence-corrected chi connectivity index (χ2v) is 4.18. The Morgan fingerprint density at radius 2 is 2.33 bits per heavy atom. The molecule has 1 saturated heterocycles. The molecular weight excluding hydrogens is 236 g/mol. The molecule has 0 bridgehead atoms. The van der Waals surface area contributed by atoms with E-state index in [2.05, 4.69) is 0 Å². The summed E-state index contributed by atoms with van der Waals surface area (Å²) in [5.74, 6) is -0.159. The second kappa shape index (κ2) is 5.14. The lowest BCUT2D eigenvalue weighted by Crippen LogP contribution is -2.36. The number of nitrogens with zero attached hydrogens (tertiary/aromatic N) is 2. The molecule has 1 aromatic carbocycles. The van der Waals surface area contributed by atoms with Gasteiger partial charge in [0.2, 0.25) is 0 Å². The third kappa shape index (κ3) is 2.48. The van der Waals surface area contributed by atoms with Gasteiger partial charge >= 0.3 is 0 Å². The maximum Gasteiger partial charge on any atom is 0.271 e. The predicted octanol–water partition coefficient (Wildman–Crippen LogP) is 1.74. The highest BCUT2D eigenvalue weighted by molar-refractivity contribution is 5.96. The van der Waals surface area contributed by atoms with Crippen LogP contribution in [0.1, 0.15) is 12.8 Å². The number of amides is 1. The van der Waals surface area contributed by atoms with Gasteiger partial charge in [-0.1, -0.05) is 6.07 Å². The van der Waals surface area contributed by atoms with Crippen LogP contribution >= 0.6 is 0 Å². The van der Waals surface area contributed by atoms with Crippen molar-refractivity contribution in [3.05, 3.63) is 34.4 Å². The molecule has 1 amide bonds. The number of carbonyl (C=O) groups excluding carboxylic acids is 1. The molecule has 1 atom stereocenters. The number of nitro benzene ring substituents is 1. The average molecular weight is 250 g/mol. The molecular formula is C12H14N2O4. The van der Waals surface area contributed by atoms with E-state index in [1.54, 1.807) is 19.2 Å². The molecule has 0 radical (unpaired) electrons. The minimum Gasteiger partial charge on any atom is -0.368 e. The number of rotatable bonds is 3. The van der Waals surface area contributed by atoms with Crippen LogP contribution in [0.15, 0.2) is 24.3 Å². The molecule has 18 heavy (non-hydrogen) atoms. The Morgan fingerprint density at radius 1 is 1.56 bits per heavy atom. The van der Waals surface area contributed by atoms with Gasteiger partial charge in [0, 0.05) is 25.8 Å². The zero-order chi connectivity index (χ0) is 13.1. The van der Waals surface area contributed by atoms with Crippen LogP contribution in [-0.4, -0.2) is 30.6 Å². The molecule has 0 N–H and O–H groups in total. The Bertz CT molecular complexity index is 469. The van der Waals surface area contributed by atoms with Crippen LogP contribution < -0.4 is 4.90 Å². The first kappa shape index (κ1) is 12.5. The summed E-state index contributed by atoms with van der Waals surface area (Å²) in [7, 11) is 1.60. The summed E-state index contributed by atoms with van der Waals surface area (Å²) in [6.07, 6.45) is 1.16. The van der Waals surface area contributed by atoms with Gasteiger partial charge in [-0.3, -0.25) is 14.9 Å². The maximum absolute atomic E-state index is 12.1. The van der Waals surface area contributed by atoms with Crippen molar-refractivity contribution in [3.63, 3.8) is 0 Å². The van der Waals surface area contributed by atoms with E-state index in [1.165, 1.54) is 17.0 Å². The molecule has 1 fully saturated rings. The minimum atomic E-state index is -0.478. The average Bonchev–Trinajstić information content (AvgIpc) is 2.91. The quantitative estimate of drug-likeness (QED) is 0.605.